The van der Waals surface area contributed by atoms with Crippen LogP contribution in [0.15, 0.2) is 21.6 Å². The fourth-order valence-corrected chi connectivity index (χ4v) is 2.11. The Kier molecular flexibility index (Phi) is 2.56. The van der Waals surface area contributed by atoms with Gasteiger partial charge in [-0.05, 0) is 10.5 Å². The van der Waals surface area contributed by atoms with E-state index in [4.69, 9.17) is 16.7 Å². The van der Waals surface area contributed by atoms with E-state index < -0.39 is 5.97 Å². The van der Waals surface area contributed by atoms with Crippen LogP contribution in [-0.2, 0) is 4.79 Å². The van der Waals surface area contributed by atoms with E-state index in [0.717, 1.165) is 5.28 Å². The van der Waals surface area contributed by atoms with Crippen LogP contribution in [0.2, 0.25) is 5.28 Å². The lowest BCUT2D eigenvalue weighted by molar-refractivity contribution is -0.131. The predicted molar refractivity (Wildman–Crippen MR) is 40.2 cm³/mol. The molecule has 0 fully saturated rings. The van der Waals surface area contributed by atoms with Crippen molar-refractivity contribution in [2.75, 3.05) is 0 Å². The Morgan fingerprint density at radius 2 is 2.50 bits per heavy atom. The summed E-state index contributed by atoms with van der Waals surface area (Å²) >= 11 is 5.46. The lowest BCUT2D eigenvalue weighted by Crippen LogP contribution is -2.10. The number of halogens is 1. The summed E-state index contributed by atoms with van der Waals surface area (Å²) in [5, 5.41) is 9.81. The van der Waals surface area contributed by atoms with Crippen molar-refractivity contribution in [2.24, 2.45) is 0 Å². The third-order valence-electron chi connectivity index (χ3n) is 1.21. The van der Waals surface area contributed by atoms with Crippen LogP contribution < -0.4 is 0 Å². The third kappa shape index (κ3) is 1.63. The Hall–Kier alpha value is -0.228. The largest absolute Gasteiger partial charge is 0.479 e. The predicted octanol–water partition coefficient (Wildman–Crippen LogP) is 1.21. The Labute approximate surface area is 69.9 Å². The second-order valence-electron chi connectivity index (χ2n) is 1.91. The van der Waals surface area contributed by atoms with E-state index in [1.165, 1.54) is 0 Å². The minimum absolute atomic E-state index is 0.148. The Morgan fingerprint density at radius 3 is 2.90 bits per heavy atom. The van der Waals surface area contributed by atoms with Gasteiger partial charge in [0.2, 0.25) is 0 Å². The van der Waals surface area contributed by atoms with E-state index in [1.807, 2.05) is 6.08 Å². The van der Waals surface area contributed by atoms with Crippen molar-refractivity contribution in [2.45, 2.75) is 5.28 Å². The molecule has 0 spiro atoms. The lowest BCUT2D eigenvalue weighted by Gasteiger charge is -2.04. The molecule has 1 heterocycles. The molecule has 4 heteroatoms. The smallest absolute Gasteiger partial charge is 0.315 e. The molecule has 0 aliphatic carbocycles. The first-order valence-corrected chi connectivity index (χ1v) is 4.62. The van der Waals surface area contributed by atoms with Gasteiger partial charge in [0.15, 0.2) is 0 Å². The summed E-state index contributed by atoms with van der Waals surface area (Å²) in [6.45, 7) is 0. The molecule has 1 rings (SSSR count). The molecule has 0 atom stereocenters. The molecule has 0 saturated heterocycles. The van der Waals surface area contributed by atoms with Gasteiger partial charge in [-0.25, -0.2) is 4.79 Å². The van der Waals surface area contributed by atoms with Gasteiger partial charge < -0.3 is 5.11 Å². The third-order valence-corrected chi connectivity index (χ3v) is 3.20. The molecule has 1 N–H and O–H groups in total. The average Bonchev–Trinajstić information content (AvgIpc) is 1.88. The van der Waals surface area contributed by atoms with Gasteiger partial charge in [-0.3, -0.25) is 0 Å². The molecule has 1 radical (unpaired) electrons. The number of hydrogen-bond donors (Lipinski definition) is 1. The SMILES string of the molecule is O=C(O)[C]1=C(Cl)C=C[CH2][Al]1. The maximum atomic E-state index is 10.4. The normalized spacial score (nSPS) is 16.9. The molecule has 0 aromatic rings. The van der Waals surface area contributed by atoms with Crippen LogP contribution in [0.1, 0.15) is 0 Å². The first-order valence-electron chi connectivity index (χ1n) is 2.84. The highest BCUT2D eigenvalue weighted by molar-refractivity contribution is 6.57. The molecule has 51 valence electrons. The number of aliphatic carboxylic acids is 1. The number of carboxylic acid groups (broad SMARTS) is 1. The maximum absolute atomic E-state index is 10.4. The topological polar surface area (TPSA) is 37.3 Å². The quantitative estimate of drug-likeness (QED) is 0.603. The van der Waals surface area contributed by atoms with Gasteiger partial charge in [-0.15, -0.1) is 0 Å². The number of carbonyl (C=O) groups is 1. The molecule has 0 unspecified atom stereocenters. The van der Waals surface area contributed by atoms with E-state index in [2.05, 4.69) is 0 Å². The van der Waals surface area contributed by atoms with Crippen molar-refractivity contribution in [1.82, 2.24) is 0 Å². The minimum Gasteiger partial charge on any atom is -0.479 e. The number of allylic oxidation sites excluding steroid dienone is 3. The van der Waals surface area contributed by atoms with Crippen LogP contribution in [-0.4, -0.2) is 26.3 Å². The lowest BCUT2D eigenvalue weighted by atomic mass is 10.4. The molecule has 0 saturated carbocycles. The molecule has 0 bridgehead atoms. The minimum atomic E-state index is -0.871. The van der Waals surface area contributed by atoms with Crippen LogP contribution in [0.5, 0.6) is 0 Å². The molecule has 0 aromatic carbocycles. The van der Waals surface area contributed by atoms with Gasteiger partial charge in [0, 0.05) is 5.03 Å². The second kappa shape index (κ2) is 3.25. The molecule has 1 aliphatic heterocycles. The highest BCUT2D eigenvalue weighted by atomic mass is 35.5. The number of carboxylic acids is 1. The van der Waals surface area contributed by atoms with Crippen LogP contribution in [0.4, 0.5) is 0 Å². The fraction of sp³-hybridized carbons (Fsp3) is 0.167. The summed E-state index contributed by atoms with van der Waals surface area (Å²) in [5.74, 6) is -0.871. The van der Waals surface area contributed by atoms with Gasteiger partial charge >= 0.3 is 5.97 Å². The molecule has 0 amide bonds. The van der Waals surface area contributed by atoms with Gasteiger partial charge in [0.25, 0.3) is 15.2 Å². The van der Waals surface area contributed by atoms with E-state index in [9.17, 15) is 4.79 Å². The van der Waals surface area contributed by atoms with Crippen LogP contribution in [0.25, 0.3) is 0 Å². The zero-order valence-corrected chi connectivity index (χ0v) is 7.08. The first kappa shape index (κ1) is 7.87. The molecule has 10 heavy (non-hydrogen) atoms. The van der Waals surface area contributed by atoms with Gasteiger partial charge in [-0.2, -0.15) is 0 Å². The zero-order chi connectivity index (χ0) is 7.56. The summed E-state index contributed by atoms with van der Waals surface area (Å²) in [6.07, 6.45) is 3.56. The van der Waals surface area contributed by atoms with Crippen molar-refractivity contribution >= 4 is 32.8 Å². The van der Waals surface area contributed by atoms with Gasteiger partial charge in [-0.1, -0.05) is 23.0 Å². The Morgan fingerprint density at radius 1 is 1.80 bits per heavy atom. The van der Waals surface area contributed by atoms with Crippen LogP contribution in [0, 0.1) is 0 Å². The van der Waals surface area contributed by atoms with E-state index in [-0.39, 0.29) is 15.2 Å². The number of hydrogen-bond acceptors (Lipinski definition) is 1. The average molecular weight is 172 g/mol. The molecule has 0 aromatic heterocycles. The van der Waals surface area contributed by atoms with Crippen molar-refractivity contribution < 1.29 is 9.90 Å². The summed E-state index contributed by atoms with van der Waals surface area (Å²) in [5.41, 5.74) is 0. The monoisotopic (exact) mass is 171 g/mol. The highest BCUT2D eigenvalue weighted by Gasteiger charge is 2.13. The fourth-order valence-electron chi connectivity index (χ4n) is 0.734. The van der Waals surface area contributed by atoms with E-state index >= 15 is 0 Å². The highest BCUT2D eigenvalue weighted by Crippen LogP contribution is 2.16. The maximum Gasteiger partial charge on any atom is 0.315 e. The summed E-state index contributed by atoms with van der Waals surface area (Å²) in [7, 11) is 0. The molecule has 1 aliphatic rings. The first-order chi connectivity index (χ1) is 4.72. The van der Waals surface area contributed by atoms with Crippen LogP contribution >= 0.6 is 11.6 Å². The standard InChI is InChI=1S/C6H5ClO2.Al/c1-2-3-5(7)4-6(8)9;/h2-3H,1H2,(H,8,9);. The van der Waals surface area contributed by atoms with Crippen LogP contribution in [0.3, 0.4) is 0 Å². The van der Waals surface area contributed by atoms with Crippen molar-refractivity contribution in [1.29, 1.82) is 0 Å². The van der Waals surface area contributed by atoms with Gasteiger partial charge in [0.05, 0.1) is 0 Å². The Bertz CT molecular complexity index is 220. The zero-order valence-electron chi connectivity index (χ0n) is 5.17. The summed E-state index contributed by atoms with van der Waals surface area (Å²) in [6, 6.07) is 0. The Balaban J connectivity index is 2.89. The summed E-state index contributed by atoms with van der Waals surface area (Å²) < 4.78 is 0.407. The van der Waals surface area contributed by atoms with E-state index in [0.29, 0.717) is 9.47 Å². The van der Waals surface area contributed by atoms with Crippen molar-refractivity contribution in [3.05, 3.63) is 21.6 Å². The number of rotatable bonds is 1. The molecule has 2 nitrogen and oxygen atoms in total. The molecular formula is C6H5AlClO2. The second-order valence-corrected chi connectivity index (χ2v) is 3.77. The molecular weight excluding hydrogens is 166 g/mol. The van der Waals surface area contributed by atoms with Crippen molar-refractivity contribution in [3.63, 3.8) is 0 Å². The van der Waals surface area contributed by atoms with Gasteiger partial charge in [0.1, 0.15) is 0 Å². The van der Waals surface area contributed by atoms with Crippen molar-refractivity contribution in [3.8, 4) is 0 Å². The van der Waals surface area contributed by atoms with E-state index in [1.54, 1.807) is 6.08 Å². The summed E-state index contributed by atoms with van der Waals surface area (Å²) in [4.78, 5) is 10.4.